The summed E-state index contributed by atoms with van der Waals surface area (Å²) in [5, 5.41) is 5.69. The Morgan fingerprint density at radius 2 is 1.86 bits per heavy atom. The van der Waals surface area contributed by atoms with Crippen LogP contribution in [0.15, 0.2) is 48.7 Å². The minimum absolute atomic E-state index is 0.469. The number of rotatable bonds is 1. The van der Waals surface area contributed by atoms with Gasteiger partial charge in [-0.3, -0.25) is 0 Å². The highest BCUT2D eigenvalue weighted by Gasteiger charge is 2.12. The van der Waals surface area contributed by atoms with Crippen molar-refractivity contribution < 1.29 is 0 Å². The fourth-order valence-corrected chi connectivity index (χ4v) is 2.75. The third-order valence-electron chi connectivity index (χ3n) is 3.54. The lowest BCUT2D eigenvalue weighted by atomic mass is 10.1. The maximum Gasteiger partial charge on any atom is 0.166 e. The van der Waals surface area contributed by atoms with E-state index in [1.807, 2.05) is 49.4 Å². The lowest BCUT2D eigenvalue weighted by Crippen LogP contribution is -1.99. The second-order valence-corrected chi connectivity index (χ2v) is 5.22. The van der Waals surface area contributed by atoms with Crippen molar-refractivity contribution in [1.82, 2.24) is 19.6 Å². The fourth-order valence-electron chi connectivity index (χ4n) is 2.51. The molecule has 0 N–H and O–H groups in total. The number of hydrogen-bond donors (Lipinski definition) is 0. The van der Waals surface area contributed by atoms with E-state index >= 15 is 0 Å². The Morgan fingerprint density at radius 1 is 1.05 bits per heavy atom. The standard InChI is InChI=1S/C16H11ClN4/c1-10-12-9-13(11-5-3-2-4-6-11)15(17)20-16(12)21-14(19-10)7-8-18-21/h2-9H,1H3. The van der Waals surface area contributed by atoms with Crippen molar-refractivity contribution in [3.8, 4) is 11.1 Å². The van der Waals surface area contributed by atoms with Gasteiger partial charge in [0.2, 0.25) is 0 Å². The molecule has 3 aromatic heterocycles. The first kappa shape index (κ1) is 12.3. The highest BCUT2D eigenvalue weighted by atomic mass is 35.5. The van der Waals surface area contributed by atoms with E-state index in [1.165, 1.54) is 0 Å². The van der Waals surface area contributed by atoms with Crippen molar-refractivity contribution in [3.63, 3.8) is 0 Å². The molecule has 0 saturated heterocycles. The second-order valence-electron chi connectivity index (χ2n) is 4.86. The summed E-state index contributed by atoms with van der Waals surface area (Å²) in [4.78, 5) is 9.08. The maximum atomic E-state index is 6.38. The Hall–Kier alpha value is -2.46. The van der Waals surface area contributed by atoms with Gasteiger partial charge in [0.15, 0.2) is 11.3 Å². The van der Waals surface area contributed by atoms with Crippen molar-refractivity contribution in [2.45, 2.75) is 6.92 Å². The molecule has 0 radical (unpaired) electrons. The van der Waals surface area contributed by atoms with Gasteiger partial charge in [-0.25, -0.2) is 9.97 Å². The van der Waals surface area contributed by atoms with E-state index in [-0.39, 0.29) is 0 Å². The summed E-state index contributed by atoms with van der Waals surface area (Å²) in [6, 6.07) is 13.9. The van der Waals surface area contributed by atoms with Gasteiger partial charge in [-0.15, -0.1) is 0 Å². The van der Waals surface area contributed by atoms with Gasteiger partial charge in [0.1, 0.15) is 5.15 Å². The Morgan fingerprint density at radius 3 is 2.67 bits per heavy atom. The van der Waals surface area contributed by atoms with Crippen LogP contribution >= 0.6 is 11.6 Å². The van der Waals surface area contributed by atoms with E-state index in [0.717, 1.165) is 33.5 Å². The van der Waals surface area contributed by atoms with Gasteiger partial charge < -0.3 is 0 Å². The topological polar surface area (TPSA) is 43.1 Å². The molecule has 0 saturated carbocycles. The smallest absolute Gasteiger partial charge is 0.166 e. The number of aryl methyl sites for hydroxylation is 1. The molecule has 4 aromatic rings. The van der Waals surface area contributed by atoms with Crippen LogP contribution in [0.25, 0.3) is 27.8 Å². The molecule has 0 aliphatic heterocycles. The lowest BCUT2D eigenvalue weighted by molar-refractivity contribution is 0.956. The Bertz CT molecular complexity index is 960. The SMILES string of the molecule is Cc1nc2ccnn2c2nc(Cl)c(-c3ccccc3)cc12. The van der Waals surface area contributed by atoms with Gasteiger partial charge in [-0.2, -0.15) is 9.61 Å². The van der Waals surface area contributed by atoms with E-state index in [4.69, 9.17) is 11.6 Å². The quantitative estimate of drug-likeness (QED) is 0.500. The Kier molecular flexibility index (Phi) is 2.65. The zero-order valence-electron chi connectivity index (χ0n) is 11.3. The van der Waals surface area contributed by atoms with E-state index < -0.39 is 0 Å². The highest BCUT2D eigenvalue weighted by Crippen LogP contribution is 2.30. The molecule has 1 aromatic carbocycles. The van der Waals surface area contributed by atoms with Gasteiger partial charge in [0, 0.05) is 17.0 Å². The van der Waals surface area contributed by atoms with E-state index in [1.54, 1.807) is 10.7 Å². The lowest BCUT2D eigenvalue weighted by Gasteiger charge is -2.09. The molecule has 3 heterocycles. The van der Waals surface area contributed by atoms with Crippen LogP contribution in [-0.2, 0) is 0 Å². The molecule has 102 valence electrons. The number of halogens is 1. The summed E-state index contributed by atoms with van der Waals surface area (Å²) in [5.41, 5.74) is 4.36. The molecule has 0 amide bonds. The van der Waals surface area contributed by atoms with Crippen molar-refractivity contribution in [2.75, 3.05) is 0 Å². The molecule has 21 heavy (non-hydrogen) atoms. The Balaban J connectivity index is 2.10. The van der Waals surface area contributed by atoms with Crippen molar-refractivity contribution in [3.05, 3.63) is 59.5 Å². The van der Waals surface area contributed by atoms with Gasteiger partial charge in [0.25, 0.3) is 0 Å². The van der Waals surface area contributed by atoms with Crippen molar-refractivity contribution in [2.24, 2.45) is 0 Å². The van der Waals surface area contributed by atoms with Crippen LogP contribution in [0.1, 0.15) is 5.69 Å². The summed E-state index contributed by atoms with van der Waals surface area (Å²) in [5.74, 6) is 0. The number of nitrogens with zero attached hydrogens (tertiary/aromatic N) is 4. The molecule has 0 spiro atoms. The first-order valence-electron chi connectivity index (χ1n) is 6.60. The van der Waals surface area contributed by atoms with Crippen LogP contribution in [0.5, 0.6) is 0 Å². The fraction of sp³-hybridized carbons (Fsp3) is 0.0625. The first-order valence-corrected chi connectivity index (χ1v) is 6.98. The average molecular weight is 295 g/mol. The zero-order valence-corrected chi connectivity index (χ0v) is 12.0. The summed E-state index contributed by atoms with van der Waals surface area (Å²) < 4.78 is 1.71. The number of pyridine rings is 1. The number of aromatic nitrogens is 4. The van der Waals surface area contributed by atoms with Crippen molar-refractivity contribution >= 4 is 28.3 Å². The van der Waals surface area contributed by atoms with Gasteiger partial charge in [-0.1, -0.05) is 41.9 Å². The molecular weight excluding hydrogens is 284 g/mol. The zero-order chi connectivity index (χ0) is 14.4. The molecule has 0 atom stereocenters. The monoisotopic (exact) mass is 294 g/mol. The molecule has 0 fully saturated rings. The molecule has 4 rings (SSSR count). The summed E-state index contributed by atoms with van der Waals surface area (Å²) in [7, 11) is 0. The average Bonchev–Trinajstić information content (AvgIpc) is 2.96. The molecule has 0 aliphatic rings. The van der Waals surface area contributed by atoms with Crippen LogP contribution in [0, 0.1) is 6.92 Å². The van der Waals surface area contributed by atoms with Crippen LogP contribution in [0.3, 0.4) is 0 Å². The number of fused-ring (bicyclic) bond motifs is 3. The predicted molar refractivity (Wildman–Crippen MR) is 83.5 cm³/mol. The summed E-state index contributed by atoms with van der Waals surface area (Å²) in [6.45, 7) is 1.97. The number of benzene rings is 1. The number of hydrogen-bond acceptors (Lipinski definition) is 3. The largest absolute Gasteiger partial charge is 0.233 e. The maximum absolute atomic E-state index is 6.38. The normalized spacial score (nSPS) is 11.3. The Labute approximate surface area is 126 Å². The third-order valence-corrected chi connectivity index (χ3v) is 3.82. The predicted octanol–water partition coefficient (Wildman–Crippen LogP) is 3.91. The van der Waals surface area contributed by atoms with E-state index in [0.29, 0.717) is 5.15 Å². The molecule has 4 nitrogen and oxygen atoms in total. The van der Waals surface area contributed by atoms with Gasteiger partial charge >= 0.3 is 0 Å². The first-order chi connectivity index (χ1) is 10.2. The van der Waals surface area contributed by atoms with Crippen LogP contribution < -0.4 is 0 Å². The van der Waals surface area contributed by atoms with Gasteiger partial charge in [-0.05, 0) is 18.6 Å². The molecule has 0 bridgehead atoms. The van der Waals surface area contributed by atoms with E-state index in [2.05, 4.69) is 15.1 Å². The minimum atomic E-state index is 0.469. The summed E-state index contributed by atoms with van der Waals surface area (Å²) >= 11 is 6.38. The molecule has 0 unspecified atom stereocenters. The third kappa shape index (κ3) is 1.87. The highest BCUT2D eigenvalue weighted by molar-refractivity contribution is 6.32. The second kappa shape index (κ2) is 4.53. The van der Waals surface area contributed by atoms with Crippen LogP contribution in [0.2, 0.25) is 5.15 Å². The molecule has 0 aliphatic carbocycles. The van der Waals surface area contributed by atoms with E-state index in [9.17, 15) is 0 Å². The summed E-state index contributed by atoms with van der Waals surface area (Å²) in [6.07, 6.45) is 1.71. The van der Waals surface area contributed by atoms with Crippen molar-refractivity contribution in [1.29, 1.82) is 0 Å². The minimum Gasteiger partial charge on any atom is -0.233 e. The molecular formula is C16H11ClN4. The molecule has 5 heteroatoms. The van der Waals surface area contributed by atoms with Crippen LogP contribution in [-0.4, -0.2) is 19.6 Å². The van der Waals surface area contributed by atoms with Crippen LogP contribution in [0.4, 0.5) is 0 Å². The van der Waals surface area contributed by atoms with Gasteiger partial charge in [0.05, 0.1) is 11.9 Å².